The third-order valence-corrected chi connectivity index (χ3v) is 1.83. The van der Waals surface area contributed by atoms with Gasteiger partial charge in [0.25, 0.3) is 0 Å². The van der Waals surface area contributed by atoms with Crippen molar-refractivity contribution in [1.82, 2.24) is 0 Å². The first kappa shape index (κ1) is 10.8. The Hall–Kier alpha value is -2.29. The van der Waals surface area contributed by atoms with Gasteiger partial charge in [0.05, 0.1) is 20.3 Å². The number of hydrogen-bond acceptors (Lipinski definition) is 4. The average Bonchev–Trinajstić information content (AvgIpc) is 2.26. The van der Waals surface area contributed by atoms with Gasteiger partial charge in [0.2, 0.25) is 5.39 Å². The zero-order valence-electron chi connectivity index (χ0n) is 8.22. The molecule has 6 nitrogen and oxygen atoms in total. The van der Waals surface area contributed by atoms with Gasteiger partial charge in [-0.05, 0) is 0 Å². The van der Waals surface area contributed by atoms with Crippen molar-refractivity contribution in [2.45, 2.75) is 0 Å². The Bertz CT molecular complexity index is 436. The highest BCUT2D eigenvalue weighted by molar-refractivity contribution is 5.98. The number of nitrogens with zero attached hydrogens (tertiary/aromatic N) is 2. The number of hydrogen-bond donors (Lipinski definition) is 1. The highest BCUT2D eigenvalue weighted by atomic mass is 16.5. The molecule has 1 rings (SSSR count). The predicted molar refractivity (Wildman–Crippen MR) is 51.2 cm³/mol. The SMILES string of the molecule is COc1cc([N+]#N)c(C(=O)O)c(OC)c1. The standard InChI is InChI=1S/C9H8N2O4/c1-14-5-3-6(11-10)8(9(12)13)7(4-5)15-2/h3-4H,1-2H3/p+1. The number of diazo groups is 1. The second kappa shape index (κ2) is 4.28. The molecular formula is C9H9N2O4+. The van der Waals surface area contributed by atoms with Gasteiger partial charge in [-0.25, -0.2) is 4.79 Å². The fraction of sp³-hybridized carbons (Fsp3) is 0.222. The van der Waals surface area contributed by atoms with E-state index in [9.17, 15) is 4.79 Å². The minimum absolute atomic E-state index is 0.0784. The zero-order chi connectivity index (χ0) is 11.4. The molecule has 78 valence electrons. The summed E-state index contributed by atoms with van der Waals surface area (Å²) >= 11 is 0. The number of aromatic carboxylic acids is 1. The van der Waals surface area contributed by atoms with Gasteiger partial charge in [0.15, 0.2) is 10.5 Å². The Morgan fingerprint density at radius 3 is 2.47 bits per heavy atom. The van der Waals surface area contributed by atoms with Crippen molar-refractivity contribution in [2.75, 3.05) is 14.2 Å². The van der Waals surface area contributed by atoms with Gasteiger partial charge in [0.1, 0.15) is 11.5 Å². The molecule has 0 fully saturated rings. The Balaban J connectivity index is 3.48. The molecule has 0 amide bonds. The van der Waals surface area contributed by atoms with Gasteiger partial charge in [-0.3, -0.25) is 0 Å². The second-order valence-corrected chi connectivity index (χ2v) is 2.63. The van der Waals surface area contributed by atoms with E-state index in [-0.39, 0.29) is 17.0 Å². The monoisotopic (exact) mass is 209 g/mol. The molecule has 0 saturated heterocycles. The third kappa shape index (κ3) is 1.96. The molecule has 15 heavy (non-hydrogen) atoms. The first-order chi connectivity index (χ1) is 7.13. The minimum Gasteiger partial charge on any atom is -0.496 e. The average molecular weight is 209 g/mol. The van der Waals surface area contributed by atoms with Gasteiger partial charge in [-0.2, -0.15) is 0 Å². The summed E-state index contributed by atoms with van der Waals surface area (Å²) in [7, 11) is 2.73. The van der Waals surface area contributed by atoms with Crippen molar-refractivity contribution in [2.24, 2.45) is 0 Å². The molecule has 1 aromatic rings. The van der Waals surface area contributed by atoms with Crippen LogP contribution in [0.15, 0.2) is 12.1 Å². The molecule has 6 heteroatoms. The molecule has 0 unspecified atom stereocenters. The molecule has 0 heterocycles. The summed E-state index contributed by atoms with van der Waals surface area (Å²) in [4.78, 5) is 13.7. The fourth-order valence-electron chi connectivity index (χ4n) is 1.15. The predicted octanol–water partition coefficient (Wildman–Crippen LogP) is 1.89. The fourth-order valence-corrected chi connectivity index (χ4v) is 1.15. The second-order valence-electron chi connectivity index (χ2n) is 2.63. The van der Waals surface area contributed by atoms with Gasteiger partial charge in [-0.1, -0.05) is 0 Å². The van der Waals surface area contributed by atoms with Crippen LogP contribution in [0.25, 0.3) is 4.98 Å². The highest BCUT2D eigenvalue weighted by Gasteiger charge is 2.27. The van der Waals surface area contributed by atoms with Crippen LogP contribution in [0.2, 0.25) is 0 Å². The number of rotatable bonds is 3. The van der Waals surface area contributed by atoms with Gasteiger partial charge in [0, 0.05) is 6.07 Å². The molecule has 0 aromatic heterocycles. The van der Waals surface area contributed by atoms with Gasteiger partial charge < -0.3 is 14.6 Å². The van der Waals surface area contributed by atoms with Crippen LogP contribution >= 0.6 is 0 Å². The number of carboxylic acids is 1. The van der Waals surface area contributed by atoms with Crippen molar-refractivity contribution in [3.05, 3.63) is 22.7 Å². The Kier molecular flexibility index (Phi) is 3.08. The number of ether oxygens (including phenoxy) is 2. The lowest BCUT2D eigenvalue weighted by Gasteiger charge is -2.04. The van der Waals surface area contributed by atoms with Gasteiger partial charge >= 0.3 is 11.7 Å². The smallest absolute Gasteiger partial charge is 0.407 e. The maximum absolute atomic E-state index is 10.9. The van der Waals surface area contributed by atoms with Crippen molar-refractivity contribution >= 4 is 11.7 Å². The third-order valence-electron chi connectivity index (χ3n) is 1.83. The van der Waals surface area contributed by atoms with Crippen LogP contribution in [-0.2, 0) is 0 Å². The lowest BCUT2D eigenvalue weighted by atomic mass is 10.1. The molecule has 0 aliphatic heterocycles. The van der Waals surface area contributed by atoms with E-state index in [0.29, 0.717) is 5.75 Å². The van der Waals surface area contributed by atoms with Crippen molar-refractivity contribution in [1.29, 1.82) is 5.39 Å². The number of carbonyl (C=O) groups is 1. The first-order valence-corrected chi connectivity index (χ1v) is 3.98. The molecule has 0 aliphatic carbocycles. The Morgan fingerprint density at radius 1 is 1.40 bits per heavy atom. The summed E-state index contributed by atoms with van der Waals surface area (Å²) in [6.45, 7) is 0. The molecule has 0 saturated carbocycles. The van der Waals surface area contributed by atoms with Crippen LogP contribution in [-0.4, -0.2) is 25.3 Å². The quantitative estimate of drug-likeness (QED) is 0.768. The summed E-state index contributed by atoms with van der Waals surface area (Å²) in [6, 6.07) is 2.70. The van der Waals surface area contributed by atoms with Crippen LogP contribution in [0, 0.1) is 5.39 Å². The summed E-state index contributed by atoms with van der Waals surface area (Å²) in [5.74, 6) is -0.804. The number of benzene rings is 1. The molecule has 0 bridgehead atoms. The topological polar surface area (TPSA) is 83.9 Å². The van der Waals surface area contributed by atoms with Crippen LogP contribution in [0.1, 0.15) is 10.4 Å². The van der Waals surface area contributed by atoms with E-state index >= 15 is 0 Å². The van der Waals surface area contributed by atoms with Crippen LogP contribution < -0.4 is 9.47 Å². The normalized spacial score (nSPS) is 9.13. The lowest BCUT2D eigenvalue weighted by molar-refractivity contribution is 0.0694. The summed E-state index contributed by atoms with van der Waals surface area (Å²) in [6.07, 6.45) is 0. The molecule has 1 N–H and O–H groups in total. The van der Waals surface area contributed by atoms with Crippen molar-refractivity contribution in [3.8, 4) is 11.5 Å². The summed E-state index contributed by atoms with van der Waals surface area (Å²) in [5, 5.41) is 17.5. The van der Waals surface area contributed by atoms with E-state index in [1.165, 1.54) is 26.4 Å². The molecular weight excluding hydrogens is 200 g/mol. The molecule has 0 radical (unpaired) electrons. The molecule has 1 aromatic carbocycles. The van der Waals surface area contributed by atoms with Crippen molar-refractivity contribution < 1.29 is 19.4 Å². The largest absolute Gasteiger partial charge is 0.496 e. The van der Waals surface area contributed by atoms with E-state index in [1.807, 2.05) is 0 Å². The summed E-state index contributed by atoms with van der Waals surface area (Å²) < 4.78 is 9.75. The van der Waals surface area contributed by atoms with E-state index in [1.54, 1.807) is 0 Å². The van der Waals surface area contributed by atoms with Gasteiger partial charge in [-0.15, -0.1) is 0 Å². The van der Waals surface area contributed by atoms with Crippen molar-refractivity contribution in [3.63, 3.8) is 0 Å². The Morgan fingerprint density at radius 2 is 2.07 bits per heavy atom. The summed E-state index contributed by atoms with van der Waals surface area (Å²) in [5.41, 5.74) is -0.320. The maximum Gasteiger partial charge on any atom is 0.407 e. The van der Waals surface area contributed by atoms with Crippen LogP contribution in [0.3, 0.4) is 0 Å². The zero-order valence-corrected chi connectivity index (χ0v) is 8.22. The number of carboxylic acid groups (broad SMARTS) is 1. The van der Waals surface area contributed by atoms with E-state index in [2.05, 4.69) is 4.98 Å². The minimum atomic E-state index is -1.23. The maximum atomic E-state index is 10.9. The van der Waals surface area contributed by atoms with Crippen LogP contribution in [0.4, 0.5) is 5.69 Å². The van der Waals surface area contributed by atoms with Crippen LogP contribution in [0.5, 0.6) is 11.5 Å². The molecule has 0 spiro atoms. The van der Waals surface area contributed by atoms with E-state index in [4.69, 9.17) is 20.0 Å². The molecule has 0 atom stereocenters. The Labute approximate surface area is 85.7 Å². The molecule has 0 aliphatic rings. The first-order valence-electron chi connectivity index (χ1n) is 3.98. The lowest BCUT2D eigenvalue weighted by Crippen LogP contribution is -2.01. The van der Waals surface area contributed by atoms with E-state index < -0.39 is 5.97 Å². The number of methoxy groups -OCH3 is 2. The highest BCUT2D eigenvalue weighted by Crippen LogP contribution is 2.34. The van der Waals surface area contributed by atoms with E-state index in [0.717, 1.165) is 0 Å².